The van der Waals surface area contributed by atoms with Gasteiger partial charge in [-0.15, -0.1) is 0 Å². The van der Waals surface area contributed by atoms with Crippen molar-refractivity contribution in [1.29, 1.82) is 0 Å². The van der Waals surface area contributed by atoms with E-state index in [0.717, 1.165) is 13.1 Å². The van der Waals surface area contributed by atoms with Gasteiger partial charge < -0.3 is 5.32 Å². The molecule has 1 N–H and O–H groups in total. The van der Waals surface area contributed by atoms with E-state index >= 15 is 0 Å². The molecule has 0 spiro atoms. The van der Waals surface area contributed by atoms with Gasteiger partial charge in [0.2, 0.25) is 0 Å². The zero-order valence-corrected chi connectivity index (χ0v) is 15.1. The summed E-state index contributed by atoms with van der Waals surface area (Å²) >= 11 is 0. The van der Waals surface area contributed by atoms with Crippen LogP contribution in [0.4, 0.5) is 0 Å². The van der Waals surface area contributed by atoms with E-state index in [1.165, 1.54) is 51.4 Å². The Morgan fingerprint density at radius 2 is 1.40 bits per heavy atom. The Hall–Kier alpha value is -0.0800. The average molecular weight is 285 g/mol. The van der Waals surface area contributed by atoms with Gasteiger partial charge in [0.15, 0.2) is 0 Å². The lowest BCUT2D eigenvalue weighted by molar-refractivity contribution is 0.0632. The Bertz CT molecular complexity index is 208. The highest BCUT2D eigenvalue weighted by Gasteiger charge is 2.26. The first kappa shape index (κ1) is 19.9. The highest BCUT2D eigenvalue weighted by molar-refractivity contribution is 4.81. The molecule has 122 valence electrons. The largest absolute Gasteiger partial charge is 0.302 e. The Balaban J connectivity index is 4.01. The van der Waals surface area contributed by atoms with Crippen LogP contribution < -0.4 is 5.32 Å². The van der Waals surface area contributed by atoms with E-state index in [9.17, 15) is 0 Å². The predicted molar refractivity (Wildman–Crippen MR) is 92.2 cm³/mol. The minimum absolute atomic E-state index is 0.253. The summed E-state index contributed by atoms with van der Waals surface area (Å²) in [6.45, 7) is 15.9. The fourth-order valence-electron chi connectivity index (χ4n) is 3.06. The van der Waals surface area contributed by atoms with Crippen molar-refractivity contribution in [2.45, 2.75) is 105 Å². The van der Waals surface area contributed by atoms with Gasteiger partial charge in [0.25, 0.3) is 0 Å². The average Bonchev–Trinajstić information content (AvgIpc) is 2.36. The van der Waals surface area contributed by atoms with Crippen molar-refractivity contribution in [3.63, 3.8) is 0 Å². The van der Waals surface area contributed by atoms with Gasteiger partial charge in [-0.25, -0.2) is 0 Å². The molecule has 0 amide bonds. The van der Waals surface area contributed by atoms with Crippen molar-refractivity contribution in [2.75, 3.05) is 13.1 Å². The molecular formula is C18H40N2. The lowest BCUT2D eigenvalue weighted by atomic mass is 10.0. The van der Waals surface area contributed by atoms with Crippen LogP contribution in [-0.4, -0.2) is 29.7 Å². The molecule has 0 bridgehead atoms. The lowest BCUT2D eigenvalue weighted by Crippen LogP contribution is -2.54. The fraction of sp³-hybridized carbons (Fsp3) is 1.00. The molecule has 0 aliphatic rings. The predicted octanol–water partition coefficient (Wildman–Crippen LogP) is 5.18. The van der Waals surface area contributed by atoms with Crippen LogP contribution in [0.15, 0.2) is 0 Å². The summed E-state index contributed by atoms with van der Waals surface area (Å²) in [6, 6.07) is 0. The number of rotatable bonds is 12. The van der Waals surface area contributed by atoms with Gasteiger partial charge >= 0.3 is 0 Å². The Kier molecular flexibility index (Phi) is 11.5. The van der Waals surface area contributed by atoms with Crippen LogP contribution in [0, 0.1) is 0 Å². The van der Waals surface area contributed by atoms with Gasteiger partial charge in [0.1, 0.15) is 0 Å². The van der Waals surface area contributed by atoms with Crippen molar-refractivity contribution in [1.82, 2.24) is 10.2 Å². The molecule has 2 heteroatoms. The molecule has 20 heavy (non-hydrogen) atoms. The number of hydrogen-bond donors (Lipinski definition) is 1. The molecule has 0 aromatic carbocycles. The lowest BCUT2D eigenvalue weighted by Gasteiger charge is -2.41. The molecule has 0 aliphatic heterocycles. The maximum Gasteiger partial charge on any atom is 0.0601 e. The van der Waals surface area contributed by atoms with Gasteiger partial charge in [-0.05, 0) is 40.3 Å². The SMILES string of the molecule is CCCCCCCCCC(NCC)N(CC)C(C)(C)C. The van der Waals surface area contributed by atoms with E-state index < -0.39 is 0 Å². The number of hydrogen-bond acceptors (Lipinski definition) is 2. The van der Waals surface area contributed by atoms with Crippen LogP contribution in [0.25, 0.3) is 0 Å². The second-order valence-corrected chi connectivity index (χ2v) is 6.94. The maximum absolute atomic E-state index is 3.68. The van der Waals surface area contributed by atoms with E-state index in [1.54, 1.807) is 0 Å². The molecular weight excluding hydrogens is 244 g/mol. The molecule has 0 rings (SSSR count). The van der Waals surface area contributed by atoms with Gasteiger partial charge in [-0.1, -0.05) is 65.7 Å². The molecule has 0 radical (unpaired) electrons. The minimum Gasteiger partial charge on any atom is -0.302 e. The summed E-state index contributed by atoms with van der Waals surface area (Å²) in [7, 11) is 0. The molecule has 0 saturated heterocycles. The van der Waals surface area contributed by atoms with Crippen molar-refractivity contribution in [3.05, 3.63) is 0 Å². The molecule has 0 saturated carbocycles. The molecule has 0 aromatic heterocycles. The normalized spacial score (nSPS) is 13.9. The Morgan fingerprint density at radius 3 is 1.85 bits per heavy atom. The summed E-state index contributed by atoms with van der Waals surface area (Å²) < 4.78 is 0. The van der Waals surface area contributed by atoms with Crippen LogP contribution in [0.3, 0.4) is 0 Å². The Morgan fingerprint density at radius 1 is 0.850 bits per heavy atom. The second-order valence-electron chi connectivity index (χ2n) is 6.94. The number of nitrogens with zero attached hydrogens (tertiary/aromatic N) is 1. The van der Waals surface area contributed by atoms with E-state index in [0.29, 0.717) is 6.17 Å². The van der Waals surface area contributed by atoms with Gasteiger partial charge in [-0.2, -0.15) is 0 Å². The number of nitrogens with one attached hydrogen (secondary N) is 1. The van der Waals surface area contributed by atoms with Crippen LogP contribution in [0.1, 0.15) is 92.9 Å². The number of unbranched alkanes of at least 4 members (excludes halogenated alkanes) is 6. The van der Waals surface area contributed by atoms with Gasteiger partial charge in [0.05, 0.1) is 6.17 Å². The summed E-state index contributed by atoms with van der Waals surface area (Å²) in [6.07, 6.45) is 11.6. The third-order valence-corrected chi connectivity index (χ3v) is 4.10. The van der Waals surface area contributed by atoms with E-state index in [4.69, 9.17) is 0 Å². The van der Waals surface area contributed by atoms with E-state index in [2.05, 4.69) is 51.8 Å². The first-order chi connectivity index (χ1) is 9.47. The van der Waals surface area contributed by atoms with Crippen molar-refractivity contribution >= 4 is 0 Å². The first-order valence-corrected chi connectivity index (χ1v) is 8.97. The highest BCUT2D eigenvalue weighted by atomic mass is 15.3. The third-order valence-electron chi connectivity index (χ3n) is 4.10. The minimum atomic E-state index is 0.253. The first-order valence-electron chi connectivity index (χ1n) is 8.97. The van der Waals surface area contributed by atoms with Crippen LogP contribution in [0.2, 0.25) is 0 Å². The van der Waals surface area contributed by atoms with E-state index in [-0.39, 0.29) is 5.54 Å². The van der Waals surface area contributed by atoms with E-state index in [1.807, 2.05) is 0 Å². The smallest absolute Gasteiger partial charge is 0.0601 e. The standard InChI is InChI=1S/C18H40N2/c1-7-10-11-12-13-14-15-16-17(19-8-2)20(9-3)18(4,5)6/h17,19H,7-16H2,1-6H3. The highest BCUT2D eigenvalue weighted by Crippen LogP contribution is 2.19. The van der Waals surface area contributed by atoms with Crippen LogP contribution in [0.5, 0.6) is 0 Å². The second kappa shape index (κ2) is 11.6. The topological polar surface area (TPSA) is 15.3 Å². The fourth-order valence-corrected chi connectivity index (χ4v) is 3.06. The zero-order chi connectivity index (χ0) is 15.4. The van der Waals surface area contributed by atoms with Crippen molar-refractivity contribution < 1.29 is 0 Å². The monoisotopic (exact) mass is 284 g/mol. The maximum atomic E-state index is 3.68. The Labute approximate surface area is 128 Å². The molecule has 0 fully saturated rings. The molecule has 0 aliphatic carbocycles. The molecule has 0 heterocycles. The summed E-state index contributed by atoms with van der Waals surface area (Å²) in [4.78, 5) is 2.60. The van der Waals surface area contributed by atoms with Crippen molar-refractivity contribution in [3.8, 4) is 0 Å². The van der Waals surface area contributed by atoms with Crippen LogP contribution >= 0.6 is 0 Å². The van der Waals surface area contributed by atoms with Crippen LogP contribution in [-0.2, 0) is 0 Å². The molecule has 0 aromatic rings. The quantitative estimate of drug-likeness (QED) is 0.392. The summed E-state index contributed by atoms with van der Waals surface area (Å²) in [5.74, 6) is 0. The molecule has 2 nitrogen and oxygen atoms in total. The zero-order valence-electron chi connectivity index (χ0n) is 15.1. The van der Waals surface area contributed by atoms with Crippen molar-refractivity contribution in [2.24, 2.45) is 0 Å². The molecule has 1 atom stereocenters. The van der Waals surface area contributed by atoms with Gasteiger partial charge in [-0.3, -0.25) is 4.90 Å². The molecule has 1 unspecified atom stereocenters. The van der Waals surface area contributed by atoms with Gasteiger partial charge in [0, 0.05) is 5.54 Å². The summed E-state index contributed by atoms with van der Waals surface area (Å²) in [5, 5.41) is 3.68. The summed E-state index contributed by atoms with van der Waals surface area (Å²) in [5.41, 5.74) is 0.253. The third kappa shape index (κ3) is 8.97.